The predicted molar refractivity (Wildman–Crippen MR) is 72.9 cm³/mol. The standard InChI is InChI=1S/C12H7BrFN3O3/c13-7-1-4-11(15-6-7)16-12(18)9-5-8(17(19)20)2-3-10(9)14/h1-6H,(H,15,16,18). The highest BCUT2D eigenvalue weighted by molar-refractivity contribution is 9.10. The van der Waals surface area contributed by atoms with Crippen LogP contribution in [-0.4, -0.2) is 15.8 Å². The van der Waals surface area contributed by atoms with Crippen LogP contribution >= 0.6 is 15.9 Å². The van der Waals surface area contributed by atoms with E-state index in [0.717, 1.165) is 22.7 Å². The van der Waals surface area contributed by atoms with Gasteiger partial charge in [-0.1, -0.05) is 0 Å². The van der Waals surface area contributed by atoms with E-state index in [0.29, 0.717) is 0 Å². The first-order chi connectivity index (χ1) is 9.47. The third-order valence-corrected chi connectivity index (χ3v) is 2.84. The van der Waals surface area contributed by atoms with Crippen LogP contribution in [0, 0.1) is 15.9 Å². The van der Waals surface area contributed by atoms with Crippen LogP contribution in [0.15, 0.2) is 41.0 Å². The van der Waals surface area contributed by atoms with Crippen molar-refractivity contribution in [3.8, 4) is 0 Å². The van der Waals surface area contributed by atoms with E-state index in [2.05, 4.69) is 26.2 Å². The van der Waals surface area contributed by atoms with E-state index in [1.165, 1.54) is 12.3 Å². The highest BCUT2D eigenvalue weighted by atomic mass is 79.9. The summed E-state index contributed by atoms with van der Waals surface area (Å²) in [6.45, 7) is 0. The monoisotopic (exact) mass is 339 g/mol. The summed E-state index contributed by atoms with van der Waals surface area (Å²) in [6.07, 6.45) is 1.46. The first-order valence-corrected chi connectivity index (χ1v) is 6.13. The number of non-ortho nitro benzene ring substituents is 1. The van der Waals surface area contributed by atoms with E-state index in [1.807, 2.05) is 0 Å². The van der Waals surface area contributed by atoms with Crippen LogP contribution in [0.5, 0.6) is 0 Å². The lowest BCUT2D eigenvalue weighted by Crippen LogP contribution is -2.14. The van der Waals surface area contributed by atoms with E-state index in [1.54, 1.807) is 6.07 Å². The van der Waals surface area contributed by atoms with Gasteiger partial charge in [-0.25, -0.2) is 9.37 Å². The molecule has 0 saturated heterocycles. The van der Waals surface area contributed by atoms with E-state index in [9.17, 15) is 19.3 Å². The fraction of sp³-hybridized carbons (Fsp3) is 0. The number of hydrogen-bond acceptors (Lipinski definition) is 4. The number of rotatable bonds is 3. The highest BCUT2D eigenvalue weighted by Gasteiger charge is 2.17. The Hall–Kier alpha value is -2.35. The van der Waals surface area contributed by atoms with Gasteiger partial charge < -0.3 is 5.32 Å². The molecular formula is C12H7BrFN3O3. The van der Waals surface area contributed by atoms with Crippen LogP contribution < -0.4 is 5.32 Å². The number of nitro groups is 1. The molecule has 0 fully saturated rings. The fourth-order valence-corrected chi connectivity index (χ4v) is 1.67. The minimum absolute atomic E-state index is 0.212. The van der Waals surface area contributed by atoms with Gasteiger partial charge in [0.05, 0.1) is 10.5 Å². The molecule has 0 aliphatic heterocycles. The van der Waals surface area contributed by atoms with Crippen molar-refractivity contribution in [1.29, 1.82) is 0 Å². The van der Waals surface area contributed by atoms with Crippen LogP contribution in [0.2, 0.25) is 0 Å². The minimum Gasteiger partial charge on any atom is -0.306 e. The van der Waals surface area contributed by atoms with E-state index in [4.69, 9.17) is 0 Å². The van der Waals surface area contributed by atoms with E-state index >= 15 is 0 Å². The van der Waals surface area contributed by atoms with Crippen LogP contribution in [0.25, 0.3) is 0 Å². The van der Waals surface area contributed by atoms with E-state index in [-0.39, 0.29) is 11.5 Å². The number of aromatic nitrogens is 1. The van der Waals surface area contributed by atoms with Crippen molar-refractivity contribution in [2.75, 3.05) is 5.32 Å². The Morgan fingerprint density at radius 1 is 1.35 bits per heavy atom. The Balaban J connectivity index is 2.26. The minimum atomic E-state index is -0.842. The van der Waals surface area contributed by atoms with Crippen LogP contribution in [-0.2, 0) is 0 Å². The summed E-state index contributed by atoms with van der Waals surface area (Å²) in [5, 5.41) is 13.0. The smallest absolute Gasteiger partial charge is 0.270 e. The number of carbonyl (C=O) groups excluding carboxylic acids is 1. The van der Waals surface area contributed by atoms with Crippen molar-refractivity contribution in [3.63, 3.8) is 0 Å². The Kier molecular flexibility index (Phi) is 4.04. The summed E-state index contributed by atoms with van der Waals surface area (Å²) in [5.74, 6) is -1.43. The average Bonchev–Trinajstić information content (AvgIpc) is 2.41. The molecule has 1 aromatic heterocycles. The topological polar surface area (TPSA) is 85.1 Å². The van der Waals surface area contributed by atoms with Crippen molar-refractivity contribution < 1.29 is 14.1 Å². The van der Waals surface area contributed by atoms with Crippen LogP contribution in [0.4, 0.5) is 15.9 Å². The van der Waals surface area contributed by atoms with Gasteiger partial charge in [0.25, 0.3) is 11.6 Å². The molecule has 102 valence electrons. The van der Waals surface area contributed by atoms with Gasteiger partial charge in [-0.3, -0.25) is 14.9 Å². The lowest BCUT2D eigenvalue weighted by atomic mass is 10.1. The number of nitro benzene ring substituents is 1. The number of hydrogen-bond donors (Lipinski definition) is 1. The zero-order valence-electron chi connectivity index (χ0n) is 9.84. The number of halogens is 2. The third kappa shape index (κ3) is 3.15. The molecule has 2 aromatic rings. The molecule has 0 spiro atoms. The second-order valence-electron chi connectivity index (χ2n) is 3.74. The van der Waals surface area contributed by atoms with Crippen molar-refractivity contribution in [2.24, 2.45) is 0 Å². The first kappa shape index (κ1) is 14.1. The molecule has 6 nitrogen and oxygen atoms in total. The molecular weight excluding hydrogens is 333 g/mol. The maximum Gasteiger partial charge on any atom is 0.270 e. The number of amides is 1. The Morgan fingerprint density at radius 2 is 2.10 bits per heavy atom. The van der Waals surface area contributed by atoms with Crippen molar-refractivity contribution in [2.45, 2.75) is 0 Å². The van der Waals surface area contributed by atoms with Gasteiger partial charge in [0.15, 0.2) is 0 Å². The Morgan fingerprint density at radius 3 is 2.70 bits per heavy atom. The SMILES string of the molecule is O=C(Nc1ccc(Br)cn1)c1cc([N+](=O)[O-])ccc1F. The zero-order valence-corrected chi connectivity index (χ0v) is 11.4. The molecule has 1 amide bonds. The van der Waals surface area contributed by atoms with Gasteiger partial charge in [0.1, 0.15) is 11.6 Å². The van der Waals surface area contributed by atoms with Gasteiger partial charge in [-0.05, 0) is 34.1 Å². The number of anilines is 1. The fourth-order valence-electron chi connectivity index (χ4n) is 1.43. The second kappa shape index (κ2) is 5.74. The van der Waals surface area contributed by atoms with Crippen LogP contribution in [0.3, 0.4) is 0 Å². The summed E-state index contributed by atoms with van der Waals surface area (Å²) in [5.41, 5.74) is -0.774. The van der Waals surface area contributed by atoms with Crippen LogP contribution in [0.1, 0.15) is 10.4 Å². The molecule has 1 N–H and O–H groups in total. The number of nitrogens with one attached hydrogen (secondary N) is 1. The molecule has 0 radical (unpaired) electrons. The molecule has 0 unspecified atom stereocenters. The maximum atomic E-state index is 13.5. The average molecular weight is 340 g/mol. The summed E-state index contributed by atoms with van der Waals surface area (Å²) < 4.78 is 14.3. The van der Waals surface area contributed by atoms with E-state index < -0.39 is 22.2 Å². The second-order valence-corrected chi connectivity index (χ2v) is 4.65. The van der Waals surface area contributed by atoms with Gasteiger partial charge in [-0.15, -0.1) is 0 Å². The largest absolute Gasteiger partial charge is 0.306 e. The number of nitrogens with zero attached hydrogens (tertiary/aromatic N) is 2. The quantitative estimate of drug-likeness (QED) is 0.687. The number of carbonyl (C=O) groups is 1. The lowest BCUT2D eigenvalue weighted by Gasteiger charge is -2.05. The molecule has 2 rings (SSSR count). The molecule has 0 saturated carbocycles. The molecule has 20 heavy (non-hydrogen) atoms. The van der Waals surface area contributed by atoms with Gasteiger partial charge in [0, 0.05) is 22.8 Å². The molecule has 0 aliphatic rings. The Bertz CT molecular complexity index is 676. The molecule has 1 aromatic carbocycles. The third-order valence-electron chi connectivity index (χ3n) is 2.37. The molecule has 8 heteroatoms. The maximum absolute atomic E-state index is 13.5. The summed E-state index contributed by atoms with van der Waals surface area (Å²) in [6, 6.07) is 5.90. The molecule has 0 aliphatic carbocycles. The van der Waals surface area contributed by atoms with Gasteiger partial charge in [-0.2, -0.15) is 0 Å². The van der Waals surface area contributed by atoms with Gasteiger partial charge >= 0.3 is 0 Å². The lowest BCUT2D eigenvalue weighted by molar-refractivity contribution is -0.384. The summed E-state index contributed by atoms with van der Waals surface area (Å²) >= 11 is 3.18. The summed E-state index contributed by atoms with van der Waals surface area (Å²) in [4.78, 5) is 25.7. The number of benzene rings is 1. The van der Waals surface area contributed by atoms with Crippen molar-refractivity contribution in [1.82, 2.24) is 4.98 Å². The highest BCUT2D eigenvalue weighted by Crippen LogP contribution is 2.18. The predicted octanol–water partition coefficient (Wildman–Crippen LogP) is 3.14. The van der Waals surface area contributed by atoms with Gasteiger partial charge in [0.2, 0.25) is 0 Å². The number of pyridine rings is 1. The summed E-state index contributed by atoms with van der Waals surface area (Å²) in [7, 11) is 0. The molecule has 1 heterocycles. The Labute approximate surface area is 120 Å². The first-order valence-electron chi connectivity index (χ1n) is 5.34. The van der Waals surface area contributed by atoms with Crippen molar-refractivity contribution >= 4 is 33.3 Å². The normalized spacial score (nSPS) is 10.1. The van der Waals surface area contributed by atoms with Crippen molar-refractivity contribution in [3.05, 3.63) is 62.5 Å². The molecule has 0 atom stereocenters. The zero-order chi connectivity index (χ0) is 14.7. The molecule has 0 bridgehead atoms.